The Morgan fingerprint density at radius 1 is 0.897 bits per heavy atom. The lowest BCUT2D eigenvalue weighted by Crippen LogP contribution is -2.29. The molecule has 0 aliphatic carbocycles. The minimum atomic E-state index is -3.51. The van der Waals surface area contributed by atoms with Crippen molar-refractivity contribution in [3.63, 3.8) is 0 Å². The molecule has 3 aromatic rings. The average molecular weight is 429 g/mol. The molecule has 0 atom stereocenters. The highest BCUT2D eigenvalue weighted by atomic mass is 35.5. The van der Waals surface area contributed by atoms with E-state index in [4.69, 9.17) is 11.6 Å². The summed E-state index contributed by atoms with van der Waals surface area (Å²) in [6, 6.07) is 23.0. The molecule has 3 aromatic carbocycles. The van der Waals surface area contributed by atoms with Crippen molar-refractivity contribution in [2.75, 3.05) is 22.5 Å². The van der Waals surface area contributed by atoms with Gasteiger partial charge in [0.15, 0.2) is 0 Å². The molecule has 3 rings (SSSR count). The Morgan fingerprint density at radius 3 is 2.10 bits per heavy atom. The lowest BCUT2D eigenvalue weighted by atomic mass is 10.1. The molecule has 7 heteroatoms. The first-order valence-corrected chi connectivity index (χ1v) is 11.1. The molecule has 0 unspecified atom stereocenters. The van der Waals surface area contributed by atoms with Crippen LogP contribution in [0.4, 0.5) is 11.4 Å². The normalized spacial score (nSPS) is 11.1. The van der Waals surface area contributed by atoms with Crippen molar-refractivity contribution in [1.82, 2.24) is 0 Å². The van der Waals surface area contributed by atoms with Gasteiger partial charge in [0.1, 0.15) is 0 Å². The van der Waals surface area contributed by atoms with E-state index >= 15 is 0 Å². The van der Waals surface area contributed by atoms with Gasteiger partial charge in [-0.3, -0.25) is 9.10 Å². The van der Waals surface area contributed by atoms with Crippen molar-refractivity contribution in [1.29, 1.82) is 0 Å². The monoisotopic (exact) mass is 428 g/mol. The minimum Gasteiger partial charge on any atom is -0.311 e. The van der Waals surface area contributed by atoms with E-state index in [-0.39, 0.29) is 12.5 Å². The van der Waals surface area contributed by atoms with Crippen LogP contribution in [0.15, 0.2) is 78.9 Å². The van der Waals surface area contributed by atoms with Crippen LogP contribution < -0.4 is 9.21 Å². The Balaban J connectivity index is 1.81. The Labute approximate surface area is 176 Å². The maximum atomic E-state index is 12.7. The van der Waals surface area contributed by atoms with Crippen LogP contribution in [0.2, 0.25) is 5.02 Å². The van der Waals surface area contributed by atoms with Crippen LogP contribution in [0.25, 0.3) is 0 Å². The van der Waals surface area contributed by atoms with Crippen LogP contribution in [0, 0.1) is 0 Å². The van der Waals surface area contributed by atoms with Gasteiger partial charge < -0.3 is 4.90 Å². The van der Waals surface area contributed by atoms with Crippen LogP contribution in [0.5, 0.6) is 0 Å². The largest absolute Gasteiger partial charge is 0.311 e. The molecule has 0 spiro atoms. The van der Waals surface area contributed by atoms with Gasteiger partial charge in [-0.1, -0.05) is 48.0 Å². The van der Waals surface area contributed by atoms with Crippen LogP contribution in [-0.2, 0) is 16.6 Å². The van der Waals surface area contributed by atoms with E-state index in [1.807, 2.05) is 30.3 Å². The summed E-state index contributed by atoms with van der Waals surface area (Å²) in [5.41, 5.74) is 2.57. The quantitative estimate of drug-likeness (QED) is 0.577. The Kier molecular flexibility index (Phi) is 6.25. The molecule has 0 aliphatic heterocycles. The van der Waals surface area contributed by atoms with Gasteiger partial charge in [0.05, 0.1) is 18.5 Å². The van der Waals surface area contributed by atoms with E-state index < -0.39 is 10.0 Å². The topological polar surface area (TPSA) is 57.7 Å². The zero-order valence-corrected chi connectivity index (χ0v) is 17.7. The first-order valence-electron chi connectivity index (χ1n) is 8.91. The third kappa shape index (κ3) is 5.16. The smallest absolute Gasteiger partial charge is 0.258 e. The summed E-state index contributed by atoms with van der Waals surface area (Å²) >= 11 is 6.01. The highest BCUT2D eigenvalue weighted by Crippen LogP contribution is 2.24. The lowest BCUT2D eigenvalue weighted by molar-refractivity contribution is 0.0993. The third-order valence-corrected chi connectivity index (χ3v) is 5.85. The first-order chi connectivity index (χ1) is 13.8. The Hall–Kier alpha value is -2.83. The standard InChI is InChI=1S/C22H21ClN2O3S/c1-24(20-8-4-3-5-9-20)22(26)18-13-11-17(12-14-18)16-25(29(2,27)28)21-10-6-7-19(23)15-21/h3-15H,16H2,1-2H3. The number of carbonyl (C=O) groups is 1. The van der Waals surface area contributed by atoms with Crippen molar-refractivity contribution in [3.8, 4) is 0 Å². The molecule has 0 aromatic heterocycles. The average Bonchev–Trinajstić information content (AvgIpc) is 2.71. The molecule has 0 fully saturated rings. The highest BCUT2D eigenvalue weighted by Gasteiger charge is 2.19. The molecule has 0 radical (unpaired) electrons. The number of anilines is 2. The number of hydrogen-bond donors (Lipinski definition) is 0. The molecular formula is C22H21ClN2O3S. The molecule has 29 heavy (non-hydrogen) atoms. The zero-order chi connectivity index (χ0) is 21.0. The van der Waals surface area contributed by atoms with Crippen molar-refractivity contribution in [2.24, 2.45) is 0 Å². The number of sulfonamides is 1. The number of para-hydroxylation sites is 1. The van der Waals surface area contributed by atoms with Crippen LogP contribution in [0.1, 0.15) is 15.9 Å². The second-order valence-electron chi connectivity index (χ2n) is 6.65. The fraction of sp³-hybridized carbons (Fsp3) is 0.136. The van der Waals surface area contributed by atoms with E-state index in [1.165, 1.54) is 4.31 Å². The fourth-order valence-electron chi connectivity index (χ4n) is 2.91. The van der Waals surface area contributed by atoms with Gasteiger partial charge in [-0.25, -0.2) is 8.42 Å². The number of benzene rings is 3. The minimum absolute atomic E-state index is 0.141. The maximum absolute atomic E-state index is 12.7. The molecule has 0 saturated heterocycles. The van der Waals surface area contributed by atoms with Crippen LogP contribution >= 0.6 is 11.6 Å². The van der Waals surface area contributed by atoms with Gasteiger partial charge in [-0.2, -0.15) is 0 Å². The predicted molar refractivity (Wildman–Crippen MR) is 118 cm³/mol. The van der Waals surface area contributed by atoms with E-state index in [0.717, 1.165) is 17.5 Å². The molecule has 150 valence electrons. The molecule has 0 N–H and O–H groups in total. The SMILES string of the molecule is CN(C(=O)c1ccc(CN(c2cccc(Cl)c2)S(C)(=O)=O)cc1)c1ccccc1. The molecular weight excluding hydrogens is 408 g/mol. The summed E-state index contributed by atoms with van der Waals surface area (Å²) in [5, 5.41) is 0.459. The number of rotatable bonds is 6. The van der Waals surface area contributed by atoms with Crippen LogP contribution in [-0.4, -0.2) is 27.6 Å². The summed E-state index contributed by atoms with van der Waals surface area (Å²) in [7, 11) is -1.79. The van der Waals surface area contributed by atoms with Gasteiger partial charge in [0.2, 0.25) is 10.0 Å². The number of amides is 1. The summed E-state index contributed by atoms with van der Waals surface area (Å²) in [4.78, 5) is 14.3. The predicted octanol–water partition coefficient (Wildman–Crippen LogP) is 4.58. The molecule has 0 aliphatic rings. The summed E-state index contributed by atoms with van der Waals surface area (Å²) in [5.74, 6) is -0.141. The summed E-state index contributed by atoms with van der Waals surface area (Å²) in [6.07, 6.45) is 1.15. The van der Waals surface area contributed by atoms with E-state index in [1.54, 1.807) is 60.5 Å². The fourth-order valence-corrected chi connectivity index (χ4v) is 3.98. The van der Waals surface area contributed by atoms with Crippen molar-refractivity contribution < 1.29 is 13.2 Å². The van der Waals surface area contributed by atoms with Crippen molar-refractivity contribution in [3.05, 3.63) is 95.0 Å². The second-order valence-corrected chi connectivity index (χ2v) is 8.99. The molecule has 0 heterocycles. The highest BCUT2D eigenvalue weighted by molar-refractivity contribution is 7.92. The first kappa shape index (κ1) is 20.9. The number of halogens is 1. The Morgan fingerprint density at radius 2 is 1.52 bits per heavy atom. The van der Waals surface area contributed by atoms with Crippen molar-refractivity contribution in [2.45, 2.75) is 6.54 Å². The van der Waals surface area contributed by atoms with Gasteiger partial charge in [-0.05, 0) is 48.0 Å². The molecule has 1 amide bonds. The molecule has 5 nitrogen and oxygen atoms in total. The summed E-state index contributed by atoms with van der Waals surface area (Å²) in [6.45, 7) is 0.141. The number of hydrogen-bond acceptors (Lipinski definition) is 3. The van der Waals surface area contributed by atoms with E-state index in [2.05, 4.69) is 0 Å². The zero-order valence-electron chi connectivity index (χ0n) is 16.1. The number of carbonyl (C=O) groups excluding carboxylic acids is 1. The second kappa shape index (κ2) is 8.68. The molecule has 0 saturated carbocycles. The van der Waals surface area contributed by atoms with Gasteiger partial charge >= 0.3 is 0 Å². The lowest BCUT2D eigenvalue weighted by Gasteiger charge is -2.23. The Bertz CT molecular complexity index is 1100. The van der Waals surface area contributed by atoms with Gasteiger partial charge in [-0.15, -0.1) is 0 Å². The molecule has 0 bridgehead atoms. The number of nitrogens with zero attached hydrogens (tertiary/aromatic N) is 2. The van der Waals surface area contributed by atoms with Crippen molar-refractivity contribution >= 4 is 38.9 Å². The summed E-state index contributed by atoms with van der Waals surface area (Å²) < 4.78 is 25.9. The maximum Gasteiger partial charge on any atom is 0.258 e. The van der Waals surface area contributed by atoms with E-state index in [9.17, 15) is 13.2 Å². The third-order valence-electron chi connectivity index (χ3n) is 4.47. The van der Waals surface area contributed by atoms with E-state index in [0.29, 0.717) is 16.3 Å². The van der Waals surface area contributed by atoms with Gasteiger partial charge in [0, 0.05) is 23.3 Å². The van der Waals surface area contributed by atoms with Crippen LogP contribution in [0.3, 0.4) is 0 Å². The van der Waals surface area contributed by atoms with Gasteiger partial charge in [0.25, 0.3) is 5.91 Å².